The Morgan fingerprint density at radius 3 is 2.55 bits per heavy atom. The first kappa shape index (κ1) is 36.9. The number of aromatic nitrogens is 2. The zero-order chi connectivity index (χ0) is 38.1. The molecule has 5 aliphatic rings. The van der Waals surface area contributed by atoms with E-state index in [1.54, 1.807) is 6.92 Å². The number of nitrogens with zero attached hydrogens (tertiary/aromatic N) is 2. The number of amides is 3. The molecule has 0 radical (unpaired) electrons. The van der Waals surface area contributed by atoms with Crippen molar-refractivity contribution < 1.29 is 36.5 Å². The molecule has 2 aromatic carbocycles. The van der Waals surface area contributed by atoms with E-state index in [2.05, 4.69) is 47.0 Å². The molecule has 4 N–H and O–H groups in total. The van der Waals surface area contributed by atoms with Gasteiger partial charge >= 0.3 is 19.3 Å². The average Bonchev–Trinajstić information content (AvgIpc) is 3.60. The van der Waals surface area contributed by atoms with Gasteiger partial charge in [0.25, 0.3) is 5.56 Å². The Morgan fingerprint density at radius 1 is 1.09 bits per heavy atom. The summed E-state index contributed by atoms with van der Waals surface area (Å²) in [7, 11) is -0.716. The van der Waals surface area contributed by atoms with E-state index in [-0.39, 0.29) is 47.2 Å². The summed E-state index contributed by atoms with van der Waals surface area (Å²) in [6.45, 7) is 9.99. The summed E-state index contributed by atoms with van der Waals surface area (Å²) < 4.78 is 68.2. The van der Waals surface area contributed by atoms with Crippen molar-refractivity contribution in [2.45, 2.75) is 102 Å². The molecule has 7 atom stereocenters. The lowest BCUT2D eigenvalue weighted by molar-refractivity contribution is -0.185. The molecule has 11 nitrogen and oxygen atoms in total. The van der Waals surface area contributed by atoms with Crippen LogP contribution < -0.4 is 26.8 Å². The van der Waals surface area contributed by atoms with Crippen molar-refractivity contribution in [2.75, 3.05) is 10.6 Å². The van der Waals surface area contributed by atoms with Crippen LogP contribution in [-0.4, -0.2) is 46.3 Å². The van der Waals surface area contributed by atoms with Crippen molar-refractivity contribution in [3.8, 4) is 0 Å². The van der Waals surface area contributed by atoms with Gasteiger partial charge in [0.2, 0.25) is 5.91 Å². The quantitative estimate of drug-likeness (QED) is 0.153. The van der Waals surface area contributed by atoms with Gasteiger partial charge in [-0.3, -0.25) is 14.2 Å². The Labute approximate surface area is 304 Å². The minimum Gasteiger partial charge on any atom is -0.404 e. The van der Waals surface area contributed by atoms with Crippen LogP contribution in [0, 0.1) is 23.1 Å². The van der Waals surface area contributed by atoms with Gasteiger partial charge in [-0.25, -0.2) is 14.2 Å². The number of carbonyl (C=O) groups is 2. The van der Waals surface area contributed by atoms with Gasteiger partial charge in [0.1, 0.15) is 23.4 Å². The number of nitrogens with one attached hydrogen (secondary N) is 4. The standard InChI is InChI=1S/C37H43BF4N6O5/c1-6-28(38-52-29-25-14-22(34(25,2)3)16-36(29,5)53-38)46-30(49)27-17-35(4,47-33(51)45-24-12-8-11-23(39)15-24)32-44-19-26(31(50)48(27)32)43-18-20-9-7-10-21(13-20)37(40,41)42/h7-13,15,19,22,25,27-29,43H,6,14,16-18H2,1-5H3,(H,46,49)(H2,45,47,51)/t22?,25?,27-,28-,29?,35+,36-/m0/s1. The first-order valence-electron chi connectivity index (χ1n) is 17.9. The molecule has 1 aromatic heterocycles. The van der Waals surface area contributed by atoms with E-state index in [0.29, 0.717) is 18.3 Å². The molecule has 16 heteroatoms. The van der Waals surface area contributed by atoms with E-state index in [9.17, 15) is 31.9 Å². The van der Waals surface area contributed by atoms with Gasteiger partial charge in [-0.05, 0) is 86.3 Å². The normalized spacial score (nSPS) is 28.7. The molecule has 3 heterocycles. The maximum Gasteiger partial charge on any atom is 0.481 e. The van der Waals surface area contributed by atoms with Crippen LogP contribution in [0.1, 0.15) is 83.3 Å². The number of hydrogen-bond donors (Lipinski definition) is 4. The molecular formula is C37H43BF4N6O5. The van der Waals surface area contributed by atoms with E-state index in [1.165, 1.54) is 41.1 Å². The fraction of sp³-hybridized carbons (Fsp3) is 0.514. The van der Waals surface area contributed by atoms with E-state index in [0.717, 1.165) is 31.0 Å². The lowest BCUT2D eigenvalue weighted by Crippen LogP contribution is -2.63. The molecule has 53 heavy (non-hydrogen) atoms. The summed E-state index contributed by atoms with van der Waals surface area (Å²) in [6.07, 6.45) is -1.10. The van der Waals surface area contributed by atoms with Crippen molar-refractivity contribution in [3.63, 3.8) is 0 Å². The van der Waals surface area contributed by atoms with Gasteiger partial charge in [-0.15, -0.1) is 0 Å². The number of alkyl halides is 3. The second-order valence-electron chi connectivity index (χ2n) is 15.8. The molecule has 282 valence electrons. The lowest BCUT2D eigenvalue weighted by Gasteiger charge is -2.63. The summed E-state index contributed by atoms with van der Waals surface area (Å²) in [5, 5.41) is 11.3. The van der Waals surface area contributed by atoms with Crippen LogP contribution in [0.3, 0.4) is 0 Å². The third kappa shape index (κ3) is 6.68. The van der Waals surface area contributed by atoms with E-state index < -0.39 is 65.3 Å². The number of fused-ring (bicyclic) bond motifs is 1. The van der Waals surface area contributed by atoms with E-state index in [1.807, 2.05) is 6.92 Å². The Bertz CT molecular complexity index is 2000. The van der Waals surface area contributed by atoms with Gasteiger partial charge < -0.3 is 30.6 Å². The third-order valence-corrected chi connectivity index (χ3v) is 11.8. The first-order valence-corrected chi connectivity index (χ1v) is 17.9. The average molecular weight is 739 g/mol. The number of rotatable bonds is 9. The highest BCUT2D eigenvalue weighted by Crippen LogP contribution is 2.64. The first-order chi connectivity index (χ1) is 24.9. The summed E-state index contributed by atoms with van der Waals surface area (Å²) in [5.74, 6) is -0.683. The van der Waals surface area contributed by atoms with Crippen LogP contribution in [0.4, 0.5) is 33.7 Å². The van der Waals surface area contributed by atoms with Gasteiger partial charge in [-0.1, -0.05) is 39.0 Å². The number of benzene rings is 2. The highest BCUT2D eigenvalue weighted by atomic mass is 19.4. The van der Waals surface area contributed by atoms with Crippen LogP contribution in [0.15, 0.2) is 59.5 Å². The SMILES string of the molecule is CC[C@H](NC(=O)[C@@H]1C[C@@](C)(NC(=O)Nc2cccc(F)c2)c2ncc(NCc3cccc(C(F)(F)F)c3)c(=O)n21)B1OC2C3CC(C[C@]2(C)O1)C3(C)C. The molecule has 3 saturated carbocycles. The number of halogens is 4. The van der Waals surface area contributed by atoms with E-state index in [4.69, 9.17) is 9.31 Å². The molecule has 8 rings (SSSR count). The Kier molecular flexibility index (Phi) is 9.16. The molecule has 3 amide bonds. The number of carbonyl (C=O) groups excluding carboxylic acids is 2. The van der Waals surface area contributed by atoms with Crippen molar-refractivity contribution >= 4 is 30.4 Å². The Balaban J connectivity index is 1.15. The molecule has 4 fully saturated rings. The summed E-state index contributed by atoms with van der Waals surface area (Å²) in [6, 6.07) is 8.17. The third-order valence-electron chi connectivity index (χ3n) is 11.8. The smallest absolute Gasteiger partial charge is 0.404 e. The molecule has 3 aliphatic carbocycles. The second kappa shape index (κ2) is 13.1. The Morgan fingerprint density at radius 2 is 1.85 bits per heavy atom. The van der Waals surface area contributed by atoms with Crippen LogP contribution in [0.2, 0.25) is 0 Å². The van der Waals surface area contributed by atoms with Crippen LogP contribution >= 0.6 is 0 Å². The maximum absolute atomic E-state index is 14.3. The number of urea groups is 1. The minimum absolute atomic E-state index is 0.0504. The highest BCUT2D eigenvalue weighted by molar-refractivity contribution is 6.47. The van der Waals surface area contributed by atoms with Gasteiger partial charge in [0.05, 0.1) is 34.9 Å². The number of anilines is 2. The predicted molar refractivity (Wildman–Crippen MR) is 189 cm³/mol. The van der Waals surface area contributed by atoms with E-state index >= 15 is 0 Å². The van der Waals surface area contributed by atoms with Gasteiger partial charge in [-0.2, -0.15) is 13.2 Å². The van der Waals surface area contributed by atoms with Crippen LogP contribution in [0.5, 0.6) is 0 Å². The Hall–Kier alpha value is -4.44. The molecule has 0 spiro atoms. The van der Waals surface area contributed by atoms with Crippen molar-refractivity contribution in [1.29, 1.82) is 0 Å². The molecule has 3 aromatic rings. The summed E-state index contributed by atoms with van der Waals surface area (Å²) >= 11 is 0. The largest absolute Gasteiger partial charge is 0.481 e. The van der Waals surface area contributed by atoms with Crippen molar-refractivity contribution in [3.05, 3.63) is 87.9 Å². The minimum atomic E-state index is -4.54. The number of hydrogen-bond acceptors (Lipinski definition) is 7. The van der Waals surface area contributed by atoms with Crippen LogP contribution in [0.25, 0.3) is 0 Å². The summed E-state index contributed by atoms with van der Waals surface area (Å²) in [4.78, 5) is 46.1. The molecular weight excluding hydrogens is 695 g/mol. The van der Waals surface area contributed by atoms with Crippen LogP contribution in [-0.2, 0) is 32.4 Å². The highest BCUT2D eigenvalue weighted by Gasteiger charge is 2.67. The van der Waals surface area contributed by atoms with Gasteiger partial charge in [0, 0.05) is 18.7 Å². The fourth-order valence-corrected chi connectivity index (χ4v) is 8.77. The lowest BCUT2D eigenvalue weighted by atomic mass is 9.45. The molecule has 3 unspecified atom stereocenters. The van der Waals surface area contributed by atoms with Crippen molar-refractivity contribution in [2.24, 2.45) is 17.3 Å². The van der Waals surface area contributed by atoms with Gasteiger partial charge in [0.15, 0.2) is 0 Å². The zero-order valence-corrected chi connectivity index (χ0v) is 30.1. The van der Waals surface area contributed by atoms with Crippen molar-refractivity contribution in [1.82, 2.24) is 20.2 Å². The fourth-order valence-electron chi connectivity index (χ4n) is 8.77. The molecule has 1 saturated heterocycles. The second-order valence-corrected chi connectivity index (χ2v) is 15.8. The predicted octanol–water partition coefficient (Wildman–Crippen LogP) is 6.16. The maximum atomic E-state index is 14.3. The molecule has 2 bridgehead atoms. The topological polar surface area (TPSA) is 136 Å². The summed E-state index contributed by atoms with van der Waals surface area (Å²) in [5.41, 5.74) is -2.76. The zero-order valence-electron chi connectivity index (χ0n) is 30.1. The monoisotopic (exact) mass is 738 g/mol. The molecule has 2 aliphatic heterocycles.